The van der Waals surface area contributed by atoms with Gasteiger partial charge in [-0.15, -0.1) is 0 Å². The van der Waals surface area contributed by atoms with Crippen molar-refractivity contribution in [3.05, 3.63) is 58.9 Å². The molecule has 6 rings (SSSR count). The van der Waals surface area contributed by atoms with Crippen LogP contribution in [0.5, 0.6) is 0 Å². The Kier molecular flexibility index (Phi) is 7.61. The van der Waals surface area contributed by atoms with E-state index in [4.69, 9.17) is 0 Å². The standard InChI is InChI=1S/C32H43FN6O2/c1-21-17-38(32(4)10-12-36(13-11-32)31(41)28-22(2)34-20-35-23(28)3)14-15-39(21)29(25-6-5-7-27(33)16-25)26-18-37(19-26)30(40)24-8-9-24/h5-7,16,20-21,24,26,29H,8-15,17-19H2,1-4H3/t21?,29-/m0/s1. The van der Waals surface area contributed by atoms with Crippen molar-refractivity contribution in [1.29, 1.82) is 0 Å². The van der Waals surface area contributed by atoms with E-state index in [1.807, 2.05) is 35.8 Å². The molecule has 1 aromatic carbocycles. The summed E-state index contributed by atoms with van der Waals surface area (Å²) in [5.74, 6) is 0.688. The molecule has 0 N–H and O–H groups in total. The maximum absolute atomic E-state index is 14.4. The number of halogens is 1. The maximum Gasteiger partial charge on any atom is 0.257 e. The summed E-state index contributed by atoms with van der Waals surface area (Å²) in [6.07, 6.45) is 5.41. The third kappa shape index (κ3) is 5.50. The van der Waals surface area contributed by atoms with E-state index in [1.54, 1.807) is 6.07 Å². The molecule has 4 aliphatic rings. The van der Waals surface area contributed by atoms with E-state index in [9.17, 15) is 14.0 Å². The molecular weight excluding hydrogens is 519 g/mol. The van der Waals surface area contributed by atoms with Crippen LogP contribution in [0.2, 0.25) is 0 Å². The first kappa shape index (κ1) is 28.2. The molecule has 2 atom stereocenters. The van der Waals surface area contributed by atoms with E-state index >= 15 is 0 Å². The minimum Gasteiger partial charge on any atom is -0.342 e. The van der Waals surface area contributed by atoms with Crippen LogP contribution in [0.15, 0.2) is 30.6 Å². The highest BCUT2D eigenvalue weighted by molar-refractivity contribution is 5.96. The Hall–Kier alpha value is -2.91. The zero-order valence-corrected chi connectivity index (χ0v) is 24.9. The lowest BCUT2D eigenvalue weighted by Gasteiger charge is -2.55. The van der Waals surface area contributed by atoms with E-state index in [0.717, 1.165) is 88.4 Å². The number of carbonyl (C=O) groups excluding carboxylic acids is 2. The van der Waals surface area contributed by atoms with Gasteiger partial charge in [-0.2, -0.15) is 0 Å². The summed E-state index contributed by atoms with van der Waals surface area (Å²) in [4.78, 5) is 43.6. The molecular formula is C32H43FN6O2. The van der Waals surface area contributed by atoms with Crippen molar-refractivity contribution >= 4 is 11.8 Å². The second-order valence-corrected chi connectivity index (χ2v) is 13.0. The highest BCUT2D eigenvalue weighted by Gasteiger charge is 2.47. The van der Waals surface area contributed by atoms with Crippen molar-refractivity contribution in [2.45, 2.75) is 71.0 Å². The van der Waals surface area contributed by atoms with Gasteiger partial charge in [-0.25, -0.2) is 14.4 Å². The number of rotatable bonds is 6. The predicted molar refractivity (Wildman–Crippen MR) is 155 cm³/mol. The summed E-state index contributed by atoms with van der Waals surface area (Å²) in [5.41, 5.74) is 3.14. The number of hydrogen-bond donors (Lipinski definition) is 0. The molecule has 0 radical (unpaired) electrons. The van der Waals surface area contributed by atoms with Gasteiger partial charge in [-0.3, -0.25) is 19.4 Å². The Morgan fingerprint density at radius 1 is 0.976 bits per heavy atom. The fourth-order valence-electron chi connectivity index (χ4n) is 7.35. The van der Waals surface area contributed by atoms with Crippen LogP contribution in [0, 0.1) is 31.5 Å². The topological polar surface area (TPSA) is 72.9 Å². The molecule has 1 saturated carbocycles. The summed E-state index contributed by atoms with van der Waals surface area (Å²) in [6, 6.07) is 7.44. The highest BCUT2D eigenvalue weighted by Crippen LogP contribution is 2.41. The van der Waals surface area contributed by atoms with E-state index in [0.29, 0.717) is 17.4 Å². The predicted octanol–water partition coefficient (Wildman–Crippen LogP) is 3.84. The second kappa shape index (κ2) is 11.1. The summed E-state index contributed by atoms with van der Waals surface area (Å²) < 4.78 is 14.4. The van der Waals surface area contributed by atoms with Crippen molar-refractivity contribution in [3.63, 3.8) is 0 Å². The second-order valence-electron chi connectivity index (χ2n) is 13.0. The number of hydrogen-bond acceptors (Lipinski definition) is 6. The third-order valence-electron chi connectivity index (χ3n) is 10.2. The summed E-state index contributed by atoms with van der Waals surface area (Å²) in [5, 5.41) is 0. The number of benzene rings is 1. The molecule has 2 aromatic rings. The molecule has 1 unspecified atom stereocenters. The molecule has 8 nitrogen and oxygen atoms in total. The molecule has 41 heavy (non-hydrogen) atoms. The van der Waals surface area contributed by atoms with Crippen LogP contribution in [-0.4, -0.2) is 98.8 Å². The van der Waals surface area contributed by atoms with Crippen LogP contribution >= 0.6 is 0 Å². The SMILES string of the molecule is Cc1ncnc(C)c1C(=O)N1CCC(C)(N2CCN([C@@H](c3cccc(F)c3)C3CN(C(=O)C4CC4)C3)C(C)C2)CC1. The minimum absolute atomic E-state index is 0.0205. The number of amides is 2. The third-order valence-corrected chi connectivity index (χ3v) is 10.2. The fourth-order valence-corrected chi connectivity index (χ4v) is 7.35. The molecule has 1 aromatic heterocycles. The van der Waals surface area contributed by atoms with Gasteiger partial charge in [0.1, 0.15) is 12.1 Å². The van der Waals surface area contributed by atoms with Crippen LogP contribution in [0.25, 0.3) is 0 Å². The van der Waals surface area contributed by atoms with Crippen LogP contribution < -0.4 is 0 Å². The summed E-state index contributed by atoms with van der Waals surface area (Å²) >= 11 is 0. The number of aryl methyl sites for hydroxylation is 2. The van der Waals surface area contributed by atoms with Gasteiger partial charge in [0.25, 0.3) is 5.91 Å². The molecule has 0 bridgehead atoms. The molecule has 2 amide bonds. The van der Waals surface area contributed by atoms with E-state index < -0.39 is 0 Å². The number of carbonyl (C=O) groups is 2. The van der Waals surface area contributed by atoms with Crippen molar-refractivity contribution in [2.75, 3.05) is 45.8 Å². The first-order chi connectivity index (χ1) is 19.6. The van der Waals surface area contributed by atoms with Gasteiger partial charge in [-0.1, -0.05) is 12.1 Å². The summed E-state index contributed by atoms with van der Waals surface area (Å²) in [7, 11) is 0. The fraction of sp³-hybridized carbons (Fsp3) is 0.625. The van der Waals surface area contributed by atoms with Gasteiger partial charge in [-0.05, 0) is 71.1 Å². The molecule has 9 heteroatoms. The quantitative estimate of drug-likeness (QED) is 0.533. The van der Waals surface area contributed by atoms with Crippen LogP contribution in [-0.2, 0) is 4.79 Å². The number of nitrogens with zero attached hydrogens (tertiary/aromatic N) is 6. The normalized spacial score (nSPS) is 24.7. The molecule has 3 saturated heterocycles. The Morgan fingerprint density at radius 3 is 2.27 bits per heavy atom. The van der Waals surface area contributed by atoms with E-state index in [1.165, 1.54) is 12.4 Å². The first-order valence-electron chi connectivity index (χ1n) is 15.3. The van der Waals surface area contributed by atoms with Crippen LogP contribution in [0.1, 0.15) is 72.9 Å². The molecule has 3 aliphatic heterocycles. The zero-order chi connectivity index (χ0) is 28.9. The van der Waals surface area contributed by atoms with Gasteiger partial charge >= 0.3 is 0 Å². The number of piperidine rings is 1. The highest BCUT2D eigenvalue weighted by atomic mass is 19.1. The van der Waals surface area contributed by atoms with Gasteiger partial charge < -0.3 is 9.80 Å². The van der Waals surface area contributed by atoms with Gasteiger partial charge in [0.15, 0.2) is 0 Å². The van der Waals surface area contributed by atoms with Crippen molar-refractivity contribution in [2.24, 2.45) is 11.8 Å². The lowest BCUT2D eigenvalue weighted by molar-refractivity contribution is -0.142. The molecule has 1 aliphatic carbocycles. The Morgan fingerprint density at radius 2 is 1.66 bits per heavy atom. The number of likely N-dealkylation sites (tertiary alicyclic amines) is 2. The van der Waals surface area contributed by atoms with Gasteiger partial charge in [0.05, 0.1) is 17.0 Å². The molecule has 0 spiro atoms. The van der Waals surface area contributed by atoms with E-state index in [-0.39, 0.29) is 35.3 Å². The Bertz CT molecular complexity index is 1280. The van der Waals surface area contributed by atoms with Crippen molar-refractivity contribution in [1.82, 2.24) is 29.6 Å². The average Bonchev–Trinajstić information content (AvgIpc) is 3.76. The Labute approximate surface area is 242 Å². The van der Waals surface area contributed by atoms with Gasteiger partial charge in [0, 0.05) is 75.3 Å². The van der Waals surface area contributed by atoms with E-state index in [2.05, 4.69) is 33.6 Å². The average molecular weight is 563 g/mol. The molecule has 4 heterocycles. The minimum atomic E-state index is -0.203. The monoisotopic (exact) mass is 562 g/mol. The summed E-state index contributed by atoms with van der Waals surface area (Å²) in [6.45, 7) is 14.1. The molecule has 4 fully saturated rings. The number of piperazine rings is 1. The smallest absolute Gasteiger partial charge is 0.257 e. The van der Waals surface area contributed by atoms with Crippen molar-refractivity contribution < 1.29 is 14.0 Å². The number of aromatic nitrogens is 2. The lowest BCUT2D eigenvalue weighted by atomic mass is 9.83. The van der Waals surface area contributed by atoms with Crippen LogP contribution in [0.4, 0.5) is 4.39 Å². The van der Waals surface area contributed by atoms with Crippen LogP contribution in [0.3, 0.4) is 0 Å². The van der Waals surface area contributed by atoms with Gasteiger partial charge in [0.2, 0.25) is 5.91 Å². The largest absolute Gasteiger partial charge is 0.342 e. The zero-order valence-electron chi connectivity index (χ0n) is 24.9. The lowest BCUT2D eigenvalue weighted by Crippen LogP contribution is -2.64. The maximum atomic E-state index is 14.4. The molecule has 220 valence electrons. The first-order valence-corrected chi connectivity index (χ1v) is 15.3. The van der Waals surface area contributed by atoms with Crippen molar-refractivity contribution in [3.8, 4) is 0 Å². The Balaban J connectivity index is 1.11.